The van der Waals surface area contributed by atoms with E-state index in [1.165, 1.54) is 41.3 Å². The standard InChI is InChI=1S/C34H42N2O4S3Si/c1-25-20-27(9-8-26-14-18-41-24-26)22-28(21-25)23-29(40-44(6,7)34(2,3)4)12-15-35-17-19-42-33(38)36(35)16-13-30-10-11-31(43-30)32(37)39-5/h10-11,14,17-22,24,29H,12-13,15-16,23H2,1-7H3. The minimum Gasteiger partial charge on any atom is -0.465 e. The lowest BCUT2D eigenvalue weighted by Gasteiger charge is -2.41. The van der Waals surface area contributed by atoms with Crippen molar-refractivity contribution in [3.8, 4) is 11.8 Å². The topological polar surface area (TPSA) is 59.1 Å². The predicted molar refractivity (Wildman–Crippen MR) is 187 cm³/mol. The van der Waals surface area contributed by atoms with Gasteiger partial charge in [0, 0.05) is 47.1 Å². The van der Waals surface area contributed by atoms with E-state index < -0.39 is 8.32 Å². The Hall–Kier alpha value is -2.81. The van der Waals surface area contributed by atoms with Crippen molar-refractivity contribution >= 4 is 54.0 Å². The van der Waals surface area contributed by atoms with Gasteiger partial charge in [0.1, 0.15) is 4.88 Å². The Kier molecular flexibility index (Phi) is 11.6. The van der Waals surface area contributed by atoms with Gasteiger partial charge in [0.25, 0.3) is 0 Å². The summed E-state index contributed by atoms with van der Waals surface area (Å²) >= 11 is 4.25. The number of carbonyl (C=O) groups excluding carboxylic acids is 2. The number of esters is 1. The molecule has 0 radical (unpaired) electrons. The highest BCUT2D eigenvalue weighted by atomic mass is 32.2. The Morgan fingerprint density at radius 1 is 1.07 bits per heavy atom. The van der Waals surface area contributed by atoms with E-state index >= 15 is 0 Å². The van der Waals surface area contributed by atoms with Gasteiger partial charge in [0.2, 0.25) is 0 Å². The number of nitrogens with zero attached hydrogens (tertiary/aromatic N) is 2. The van der Waals surface area contributed by atoms with Crippen LogP contribution in [-0.4, -0.2) is 55.8 Å². The second-order valence-corrected chi connectivity index (χ2v) is 20.0. The number of amides is 1. The second-order valence-electron chi connectivity index (χ2n) is 12.4. The Balaban J connectivity index is 1.50. The minimum absolute atomic E-state index is 0.00775. The lowest BCUT2D eigenvalue weighted by molar-refractivity contribution is 0.0566. The van der Waals surface area contributed by atoms with E-state index in [1.54, 1.807) is 22.4 Å². The molecule has 0 saturated heterocycles. The van der Waals surface area contributed by atoms with Crippen LogP contribution in [0.5, 0.6) is 0 Å². The summed E-state index contributed by atoms with van der Waals surface area (Å²) in [5, 5.41) is 9.84. The zero-order valence-electron chi connectivity index (χ0n) is 26.6. The normalized spacial score (nSPS) is 14.4. The van der Waals surface area contributed by atoms with Crippen molar-refractivity contribution in [3.63, 3.8) is 0 Å². The smallest absolute Gasteiger partial charge is 0.348 e. The largest absolute Gasteiger partial charge is 0.465 e. The number of hydrogen-bond acceptors (Lipinski definition) is 8. The maximum atomic E-state index is 13.0. The van der Waals surface area contributed by atoms with Crippen molar-refractivity contribution in [2.45, 2.75) is 71.2 Å². The predicted octanol–water partition coefficient (Wildman–Crippen LogP) is 8.73. The second kappa shape index (κ2) is 15.0. The monoisotopic (exact) mass is 666 g/mol. The molecule has 1 unspecified atom stereocenters. The van der Waals surface area contributed by atoms with Gasteiger partial charge in [-0.2, -0.15) is 11.3 Å². The van der Waals surface area contributed by atoms with Crippen LogP contribution in [0, 0.1) is 18.8 Å². The van der Waals surface area contributed by atoms with Gasteiger partial charge in [-0.15, -0.1) is 11.3 Å². The van der Waals surface area contributed by atoms with Gasteiger partial charge in [-0.05, 0) is 102 Å². The summed E-state index contributed by atoms with van der Waals surface area (Å²) in [6.07, 6.45) is 4.15. The third kappa shape index (κ3) is 9.35. The van der Waals surface area contributed by atoms with Gasteiger partial charge in [-0.3, -0.25) is 9.80 Å². The first-order valence-electron chi connectivity index (χ1n) is 14.8. The molecule has 1 aromatic carbocycles. The summed E-state index contributed by atoms with van der Waals surface area (Å²) in [5.41, 5.74) is 4.43. The molecule has 0 spiro atoms. The van der Waals surface area contributed by atoms with Crippen molar-refractivity contribution in [1.82, 2.24) is 10.0 Å². The van der Waals surface area contributed by atoms with E-state index in [1.807, 2.05) is 34.1 Å². The van der Waals surface area contributed by atoms with Crippen molar-refractivity contribution in [3.05, 3.63) is 90.8 Å². The van der Waals surface area contributed by atoms with Crippen LogP contribution in [0.3, 0.4) is 0 Å². The number of benzene rings is 1. The molecule has 0 aliphatic carbocycles. The molecule has 44 heavy (non-hydrogen) atoms. The maximum absolute atomic E-state index is 13.0. The number of hydrazine groups is 1. The van der Waals surface area contributed by atoms with Crippen LogP contribution in [0.4, 0.5) is 4.79 Å². The summed E-state index contributed by atoms with van der Waals surface area (Å²) in [6, 6.07) is 12.3. The third-order valence-corrected chi connectivity index (χ3v) is 15.0. The first-order chi connectivity index (χ1) is 20.8. The molecule has 1 aliphatic heterocycles. The van der Waals surface area contributed by atoms with E-state index in [0.29, 0.717) is 24.4 Å². The summed E-state index contributed by atoms with van der Waals surface area (Å²) in [6.45, 7) is 14.7. The highest BCUT2D eigenvalue weighted by molar-refractivity contribution is 8.16. The van der Waals surface area contributed by atoms with Crippen molar-refractivity contribution in [1.29, 1.82) is 0 Å². The minimum atomic E-state index is -2.07. The number of thiophene rings is 2. The molecule has 0 bridgehead atoms. The van der Waals surface area contributed by atoms with Crippen LogP contribution in [0.15, 0.2) is 58.8 Å². The number of carbonyl (C=O) groups is 2. The lowest BCUT2D eigenvalue weighted by atomic mass is 10.0. The number of aryl methyl sites for hydroxylation is 1. The van der Waals surface area contributed by atoms with Gasteiger partial charge in [-0.1, -0.05) is 38.7 Å². The first-order valence-corrected chi connectivity index (χ1v) is 20.3. The summed E-state index contributed by atoms with van der Waals surface area (Å²) in [5.74, 6) is 6.29. The van der Waals surface area contributed by atoms with Gasteiger partial charge >= 0.3 is 11.2 Å². The fraction of sp³-hybridized carbons (Fsp3) is 0.412. The van der Waals surface area contributed by atoms with Gasteiger partial charge in [0.15, 0.2) is 8.32 Å². The van der Waals surface area contributed by atoms with Gasteiger partial charge in [0.05, 0.1) is 13.2 Å². The highest BCUT2D eigenvalue weighted by Gasteiger charge is 2.39. The quantitative estimate of drug-likeness (QED) is 0.116. The van der Waals surface area contributed by atoms with Crippen LogP contribution in [0.2, 0.25) is 18.1 Å². The molecule has 0 N–H and O–H groups in total. The van der Waals surface area contributed by atoms with Crippen LogP contribution in [-0.2, 0) is 22.0 Å². The Labute approximate surface area is 275 Å². The Morgan fingerprint density at radius 3 is 2.55 bits per heavy atom. The molecule has 3 heterocycles. The van der Waals surface area contributed by atoms with Crippen LogP contribution in [0.25, 0.3) is 0 Å². The van der Waals surface area contributed by atoms with E-state index in [9.17, 15) is 9.59 Å². The number of methoxy groups -OCH3 is 1. The molecular formula is C34H42N2O4S3Si. The molecule has 234 valence electrons. The summed E-state index contributed by atoms with van der Waals surface area (Å²) < 4.78 is 11.9. The molecule has 1 amide bonds. The number of thioether (sulfide) groups is 1. The zero-order valence-corrected chi connectivity index (χ0v) is 30.1. The van der Waals surface area contributed by atoms with E-state index in [4.69, 9.17) is 9.16 Å². The Morgan fingerprint density at radius 2 is 1.84 bits per heavy atom. The van der Waals surface area contributed by atoms with E-state index in [0.717, 1.165) is 28.8 Å². The van der Waals surface area contributed by atoms with Crippen LogP contribution >= 0.6 is 34.4 Å². The van der Waals surface area contributed by atoms with Crippen LogP contribution < -0.4 is 0 Å². The van der Waals surface area contributed by atoms with Crippen molar-refractivity contribution in [2.75, 3.05) is 20.2 Å². The SMILES string of the molecule is COC(=O)c1ccc(CCN2C(=O)SC=CN2CCC(Cc2cc(C)cc(C#Cc3ccsc3)c2)O[Si](C)(C)C(C)(C)C)s1. The van der Waals surface area contributed by atoms with Crippen molar-refractivity contribution < 1.29 is 18.8 Å². The maximum Gasteiger partial charge on any atom is 0.348 e. The molecule has 10 heteroatoms. The fourth-order valence-corrected chi connectivity index (χ4v) is 8.15. The number of hydrogen-bond donors (Lipinski definition) is 0. The molecule has 0 fully saturated rings. The number of ether oxygens (including phenoxy) is 1. The summed E-state index contributed by atoms with van der Waals surface area (Å²) in [7, 11) is -0.687. The highest BCUT2D eigenvalue weighted by Crippen LogP contribution is 2.38. The molecule has 6 nitrogen and oxygen atoms in total. The molecule has 1 atom stereocenters. The average Bonchev–Trinajstić information content (AvgIpc) is 3.65. The zero-order chi connectivity index (χ0) is 31.9. The summed E-state index contributed by atoms with van der Waals surface area (Å²) in [4.78, 5) is 26.5. The number of rotatable bonds is 11. The lowest BCUT2D eigenvalue weighted by Crippen LogP contribution is -2.47. The fourth-order valence-electron chi connectivity index (χ4n) is 4.63. The Bertz CT molecular complexity index is 1530. The molecule has 2 aromatic heterocycles. The van der Waals surface area contributed by atoms with Crippen molar-refractivity contribution in [2.24, 2.45) is 0 Å². The molecular weight excluding hydrogens is 625 g/mol. The van der Waals surface area contributed by atoms with Gasteiger partial charge < -0.3 is 9.16 Å². The molecule has 1 aliphatic rings. The van der Waals surface area contributed by atoms with Gasteiger partial charge in [-0.25, -0.2) is 9.80 Å². The molecule has 0 saturated carbocycles. The van der Waals surface area contributed by atoms with Crippen LogP contribution in [0.1, 0.15) is 64.0 Å². The van der Waals surface area contributed by atoms with E-state index in [-0.39, 0.29) is 22.4 Å². The first kappa shape index (κ1) is 34.1. The average molecular weight is 667 g/mol. The molecule has 4 rings (SSSR count). The van der Waals surface area contributed by atoms with E-state index in [2.05, 4.69) is 76.2 Å². The molecule has 3 aromatic rings. The third-order valence-electron chi connectivity index (χ3n) is 7.96.